The van der Waals surface area contributed by atoms with E-state index in [4.69, 9.17) is 10.5 Å². The van der Waals surface area contributed by atoms with Crippen molar-refractivity contribution < 1.29 is 9.13 Å². The van der Waals surface area contributed by atoms with E-state index < -0.39 is 0 Å². The summed E-state index contributed by atoms with van der Waals surface area (Å²) in [7, 11) is 1.44. The van der Waals surface area contributed by atoms with Crippen LogP contribution < -0.4 is 10.5 Å². The molecule has 2 nitrogen and oxygen atoms in total. The van der Waals surface area contributed by atoms with Crippen LogP contribution in [0.2, 0.25) is 0 Å². The van der Waals surface area contributed by atoms with Crippen LogP contribution in [-0.4, -0.2) is 7.11 Å². The molecule has 4 heteroatoms. The summed E-state index contributed by atoms with van der Waals surface area (Å²) in [6, 6.07) is 1.39. The molecular formula is C10H13BrFNO. The minimum atomic E-state index is -0.389. The van der Waals surface area contributed by atoms with E-state index in [-0.39, 0.29) is 17.6 Å². The molecule has 14 heavy (non-hydrogen) atoms. The average molecular weight is 262 g/mol. The van der Waals surface area contributed by atoms with Gasteiger partial charge in [0.15, 0.2) is 11.6 Å². The molecule has 0 aliphatic heterocycles. The molecule has 0 radical (unpaired) electrons. The topological polar surface area (TPSA) is 35.2 Å². The Bertz CT molecular complexity index is 352. The van der Waals surface area contributed by atoms with Gasteiger partial charge in [-0.05, 0) is 35.3 Å². The van der Waals surface area contributed by atoms with Gasteiger partial charge in [-0.15, -0.1) is 0 Å². The highest BCUT2D eigenvalue weighted by molar-refractivity contribution is 9.10. The molecule has 0 heterocycles. The first-order valence-electron chi connectivity index (χ1n) is 4.27. The molecule has 0 spiro atoms. The number of rotatable bonds is 2. The molecule has 0 fully saturated rings. The van der Waals surface area contributed by atoms with Crippen LogP contribution in [0.15, 0.2) is 10.5 Å². The second kappa shape index (κ2) is 4.28. The van der Waals surface area contributed by atoms with Crippen LogP contribution in [0.25, 0.3) is 0 Å². The monoisotopic (exact) mass is 261 g/mol. The lowest BCUT2D eigenvalue weighted by atomic mass is 10.0. The summed E-state index contributed by atoms with van der Waals surface area (Å²) in [5, 5.41) is 0. The van der Waals surface area contributed by atoms with Crippen LogP contribution in [0.5, 0.6) is 5.75 Å². The number of aryl methyl sites for hydroxylation is 1. The molecule has 0 saturated heterocycles. The standard InChI is InChI=1S/C10H13BrFNO/c1-5-4-7(6(2)13)9(12)10(14-3)8(5)11/h4,6H,13H2,1-3H3. The lowest BCUT2D eigenvalue weighted by Crippen LogP contribution is -2.09. The third-order valence-electron chi connectivity index (χ3n) is 2.07. The molecule has 78 valence electrons. The van der Waals surface area contributed by atoms with E-state index in [9.17, 15) is 4.39 Å². The van der Waals surface area contributed by atoms with Crippen molar-refractivity contribution in [3.63, 3.8) is 0 Å². The Morgan fingerprint density at radius 2 is 2.14 bits per heavy atom. The Morgan fingerprint density at radius 3 is 2.57 bits per heavy atom. The summed E-state index contributed by atoms with van der Waals surface area (Å²) < 4.78 is 19.3. The maximum atomic E-state index is 13.7. The van der Waals surface area contributed by atoms with E-state index in [0.29, 0.717) is 10.0 Å². The van der Waals surface area contributed by atoms with Crippen LogP contribution in [0.4, 0.5) is 4.39 Å². The fraction of sp³-hybridized carbons (Fsp3) is 0.400. The second-order valence-electron chi connectivity index (χ2n) is 3.23. The SMILES string of the molecule is COc1c(F)c(C(C)N)cc(C)c1Br. The van der Waals surface area contributed by atoms with Crippen molar-refractivity contribution in [1.82, 2.24) is 0 Å². The average Bonchev–Trinajstić information content (AvgIpc) is 2.12. The molecule has 0 aromatic heterocycles. The van der Waals surface area contributed by atoms with Crippen LogP contribution >= 0.6 is 15.9 Å². The van der Waals surface area contributed by atoms with Crippen LogP contribution in [0.3, 0.4) is 0 Å². The Labute approximate surface area is 91.4 Å². The van der Waals surface area contributed by atoms with E-state index in [1.807, 2.05) is 6.92 Å². The van der Waals surface area contributed by atoms with Gasteiger partial charge in [0.05, 0.1) is 11.6 Å². The Balaban J connectivity index is 3.42. The van der Waals surface area contributed by atoms with Crippen LogP contribution in [-0.2, 0) is 0 Å². The number of methoxy groups -OCH3 is 1. The highest BCUT2D eigenvalue weighted by Crippen LogP contribution is 2.34. The number of hydrogen-bond donors (Lipinski definition) is 1. The van der Waals surface area contributed by atoms with E-state index in [1.165, 1.54) is 7.11 Å². The molecule has 1 aromatic rings. The number of hydrogen-bond acceptors (Lipinski definition) is 2. The van der Waals surface area contributed by atoms with Gasteiger partial charge in [0.1, 0.15) is 0 Å². The zero-order valence-corrected chi connectivity index (χ0v) is 9.98. The Kier molecular flexibility index (Phi) is 3.50. The zero-order chi connectivity index (χ0) is 10.9. The summed E-state index contributed by atoms with van der Waals surface area (Å²) in [5.74, 6) is -0.169. The Morgan fingerprint density at radius 1 is 1.57 bits per heavy atom. The first-order chi connectivity index (χ1) is 6.49. The van der Waals surface area contributed by atoms with E-state index in [1.54, 1.807) is 13.0 Å². The molecule has 0 aliphatic carbocycles. The third kappa shape index (κ3) is 1.91. The van der Waals surface area contributed by atoms with Gasteiger partial charge >= 0.3 is 0 Å². The minimum Gasteiger partial charge on any atom is -0.492 e. The van der Waals surface area contributed by atoms with Crippen molar-refractivity contribution in [3.05, 3.63) is 27.5 Å². The summed E-state index contributed by atoms with van der Waals surface area (Å²) in [6.07, 6.45) is 0. The van der Waals surface area contributed by atoms with Crippen LogP contribution in [0, 0.1) is 12.7 Å². The van der Waals surface area contributed by atoms with Gasteiger partial charge in [-0.25, -0.2) is 4.39 Å². The van der Waals surface area contributed by atoms with Crippen molar-refractivity contribution >= 4 is 15.9 Å². The smallest absolute Gasteiger partial charge is 0.170 e. The van der Waals surface area contributed by atoms with Crippen molar-refractivity contribution in [1.29, 1.82) is 0 Å². The number of nitrogens with two attached hydrogens (primary N) is 1. The number of ether oxygens (including phenoxy) is 1. The van der Waals surface area contributed by atoms with Gasteiger partial charge in [-0.3, -0.25) is 0 Å². The predicted octanol–water partition coefficient (Wildman–Crippen LogP) is 2.92. The maximum absolute atomic E-state index is 13.7. The molecular weight excluding hydrogens is 249 g/mol. The third-order valence-corrected chi connectivity index (χ3v) is 3.05. The van der Waals surface area contributed by atoms with Crippen LogP contribution in [0.1, 0.15) is 24.1 Å². The Hall–Kier alpha value is -0.610. The molecule has 1 unspecified atom stereocenters. The highest BCUT2D eigenvalue weighted by Gasteiger charge is 2.17. The first kappa shape index (κ1) is 11.5. The fourth-order valence-corrected chi connectivity index (χ4v) is 1.73. The maximum Gasteiger partial charge on any atom is 0.170 e. The van der Waals surface area contributed by atoms with Crippen molar-refractivity contribution in [2.75, 3.05) is 7.11 Å². The molecule has 0 bridgehead atoms. The number of benzene rings is 1. The van der Waals surface area contributed by atoms with Gasteiger partial charge in [0.25, 0.3) is 0 Å². The van der Waals surface area contributed by atoms with Gasteiger partial charge in [-0.2, -0.15) is 0 Å². The van der Waals surface area contributed by atoms with E-state index in [2.05, 4.69) is 15.9 Å². The summed E-state index contributed by atoms with van der Waals surface area (Å²) in [5.41, 5.74) is 7.03. The fourth-order valence-electron chi connectivity index (χ4n) is 1.28. The van der Waals surface area contributed by atoms with Gasteiger partial charge in [-0.1, -0.05) is 6.07 Å². The molecule has 0 amide bonds. The van der Waals surface area contributed by atoms with Gasteiger partial charge < -0.3 is 10.5 Å². The van der Waals surface area contributed by atoms with Gasteiger partial charge in [0.2, 0.25) is 0 Å². The van der Waals surface area contributed by atoms with Gasteiger partial charge in [0, 0.05) is 11.6 Å². The number of halogens is 2. The quantitative estimate of drug-likeness (QED) is 0.889. The first-order valence-corrected chi connectivity index (χ1v) is 5.06. The van der Waals surface area contributed by atoms with Crippen molar-refractivity contribution in [2.45, 2.75) is 19.9 Å². The second-order valence-corrected chi connectivity index (χ2v) is 4.03. The molecule has 1 rings (SSSR count). The minimum absolute atomic E-state index is 0.220. The molecule has 1 atom stereocenters. The summed E-state index contributed by atoms with van der Waals surface area (Å²) in [4.78, 5) is 0. The highest BCUT2D eigenvalue weighted by atomic mass is 79.9. The predicted molar refractivity (Wildman–Crippen MR) is 58.0 cm³/mol. The largest absolute Gasteiger partial charge is 0.492 e. The van der Waals surface area contributed by atoms with E-state index in [0.717, 1.165) is 5.56 Å². The summed E-state index contributed by atoms with van der Waals surface area (Å²) >= 11 is 3.27. The van der Waals surface area contributed by atoms with Crippen molar-refractivity contribution in [2.24, 2.45) is 5.73 Å². The molecule has 2 N–H and O–H groups in total. The lowest BCUT2D eigenvalue weighted by molar-refractivity contribution is 0.379. The molecule has 0 saturated carbocycles. The lowest BCUT2D eigenvalue weighted by Gasteiger charge is -2.14. The zero-order valence-electron chi connectivity index (χ0n) is 8.40. The molecule has 0 aliphatic rings. The van der Waals surface area contributed by atoms with Crippen molar-refractivity contribution in [3.8, 4) is 5.75 Å². The summed E-state index contributed by atoms with van der Waals surface area (Å²) in [6.45, 7) is 3.61. The molecule has 1 aromatic carbocycles. The van der Waals surface area contributed by atoms with E-state index >= 15 is 0 Å². The normalized spacial score (nSPS) is 12.7.